The number of aromatic nitrogens is 1. The van der Waals surface area contributed by atoms with E-state index in [2.05, 4.69) is 5.32 Å². The lowest BCUT2D eigenvalue weighted by Crippen LogP contribution is -2.38. The van der Waals surface area contributed by atoms with Crippen LogP contribution in [0.2, 0.25) is 0 Å². The van der Waals surface area contributed by atoms with Crippen molar-refractivity contribution in [3.05, 3.63) is 83.2 Å². The highest BCUT2D eigenvalue weighted by Gasteiger charge is 2.30. The second-order valence-corrected chi connectivity index (χ2v) is 11.0. The Hall–Kier alpha value is -3.20. The number of fused-ring (bicyclic) bond motifs is 1. The van der Waals surface area contributed by atoms with E-state index < -0.39 is 21.5 Å². The highest BCUT2D eigenvalue weighted by atomic mass is 32.2. The molecule has 2 atom stereocenters. The van der Waals surface area contributed by atoms with Gasteiger partial charge < -0.3 is 14.6 Å². The van der Waals surface area contributed by atoms with E-state index in [4.69, 9.17) is 4.74 Å². The zero-order chi connectivity index (χ0) is 25.0. The molecule has 0 spiro atoms. The first kappa shape index (κ1) is 24.9. The zero-order valence-electron chi connectivity index (χ0n) is 19.4. The fraction of sp³-hybridized carbons (Fsp3) is 0.346. The number of nitrogens with zero attached hydrogens (tertiary/aromatic N) is 1. The number of carbonyl (C=O) groups excluding carboxylic acids is 1. The number of aryl methyl sites for hydroxylation is 2. The quantitative estimate of drug-likeness (QED) is 0.337. The van der Waals surface area contributed by atoms with Gasteiger partial charge in [0, 0.05) is 37.5 Å². The third-order valence-electron chi connectivity index (χ3n) is 6.38. The second kappa shape index (κ2) is 10.6. The Morgan fingerprint density at radius 2 is 1.91 bits per heavy atom. The van der Waals surface area contributed by atoms with Gasteiger partial charge in [0.25, 0.3) is 0 Å². The van der Waals surface area contributed by atoms with Crippen molar-refractivity contribution in [2.75, 3.05) is 12.4 Å². The van der Waals surface area contributed by atoms with E-state index in [-0.39, 0.29) is 24.3 Å². The van der Waals surface area contributed by atoms with E-state index in [1.54, 1.807) is 30.1 Å². The van der Waals surface area contributed by atoms with E-state index in [0.29, 0.717) is 41.9 Å². The molecule has 2 unspecified atom stereocenters. The van der Waals surface area contributed by atoms with Gasteiger partial charge in [0.15, 0.2) is 9.84 Å². The van der Waals surface area contributed by atoms with Crippen LogP contribution < -0.4 is 10.1 Å². The highest BCUT2D eigenvalue weighted by Crippen LogP contribution is 2.37. The van der Waals surface area contributed by atoms with E-state index in [1.165, 1.54) is 12.1 Å². The van der Waals surface area contributed by atoms with Crippen molar-refractivity contribution >= 4 is 16.2 Å². The number of carbonyl (C=O) groups is 1. The summed E-state index contributed by atoms with van der Waals surface area (Å²) in [5.74, 6) is -0.909. The van der Waals surface area contributed by atoms with Gasteiger partial charge in [-0.15, -0.1) is 0 Å². The van der Waals surface area contributed by atoms with Crippen molar-refractivity contribution in [2.24, 2.45) is 7.05 Å². The fourth-order valence-electron chi connectivity index (χ4n) is 4.70. The Bertz CT molecular complexity index is 1290. The zero-order valence-corrected chi connectivity index (χ0v) is 20.2. The van der Waals surface area contributed by atoms with Crippen LogP contribution in [0.3, 0.4) is 0 Å². The number of hydrogen-bond donors (Lipinski definition) is 1. The van der Waals surface area contributed by atoms with Crippen molar-refractivity contribution in [1.29, 1.82) is 0 Å². The average molecular weight is 503 g/mol. The van der Waals surface area contributed by atoms with Crippen molar-refractivity contribution in [2.45, 2.75) is 42.5 Å². The normalized spacial score (nSPS) is 17.6. The smallest absolute Gasteiger partial charge is 0.207 e. The van der Waals surface area contributed by atoms with Gasteiger partial charge in [-0.1, -0.05) is 6.07 Å². The summed E-state index contributed by atoms with van der Waals surface area (Å²) in [6, 6.07) is 10.5. The summed E-state index contributed by atoms with van der Waals surface area (Å²) in [4.78, 5) is 11.5. The van der Waals surface area contributed by atoms with Crippen LogP contribution in [-0.4, -0.2) is 37.8 Å². The molecule has 1 aliphatic carbocycles. The van der Waals surface area contributed by atoms with E-state index in [0.717, 1.165) is 23.6 Å². The molecule has 3 aromatic rings. The molecular weight excluding hydrogens is 474 g/mol. The molecule has 0 aliphatic heterocycles. The predicted molar refractivity (Wildman–Crippen MR) is 128 cm³/mol. The molecular formula is C26H28F2N2O4S. The van der Waals surface area contributed by atoms with Crippen molar-refractivity contribution < 1.29 is 26.7 Å². The Morgan fingerprint density at radius 1 is 1.14 bits per heavy atom. The molecule has 0 saturated heterocycles. The molecule has 0 radical (unpaired) electrons. The lowest BCUT2D eigenvalue weighted by Gasteiger charge is -2.34. The molecule has 4 rings (SSSR count). The Morgan fingerprint density at radius 3 is 2.60 bits per heavy atom. The lowest BCUT2D eigenvalue weighted by molar-refractivity contribution is -0.110. The minimum atomic E-state index is -3.38. The van der Waals surface area contributed by atoms with Gasteiger partial charge in [-0.2, -0.15) is 0 Å². The summed E-state index contributed by atoms with van der Waals surface area (Å²) in [7, 11) is -1.61. The average Bonchev–Trinajstić information content (AvgIpc) is 3.25. The Balaban J connectivity index is 1.47. The first-order valence-corrected chi connectivity index (χ1v) is 13.2. The number of nitrogens with one attached hydrogen (secondary N) is 1. The maximum Gasteiger partial charge on any atom is 0.207 e. The van der Waals surface area contributed by atoms with Crippen LogP contribution in [0.5, 0.6) is 5.75 Å². The van der Waals surface area contributed by atoms with Gasteiger partial charge >= 0.3 is 0 Å². The highest BCUT2D eigenvalue weighted by molar-refractivity contribution is 7.91. The Kier molecular flexibility index (Phi) is 7.54. The Labute approximate surface area is 203 Å². The molecule has 1 N–H and O–H groups in total. The molecule has 0 fully saturated rings. The van der Waals surface area contributed by atoms with Crippen LogP contribution >= 0.6 is 0 Å². The van der Waals surface area contributed by atoms with Crippen LogP contribution in [0.4, 0.5) is 8.78 Å². The summed E-state index contributed by atoms with van der Waals surface area (Å²) in [5, 5.41) is 2.85. The minimum absolute atomic E-state index is 0.0267. The van der Waals surface area contributed by atoms with Gasteiger partial charge in [0.2, 0.25) is 6.41 Å². The fourth-order valence-corrected chi connectivity index (χ4v) is 6.03. The molecule has 2 aromatic carbocycles. The van der Waals surface area contributed by atoms with E-state index in [9.17, 15) is 22.0 Å². The minimum Gasteiger partial charge on any atom is -0.494 e. The van der Waals surface area contributed by atoms with Crippen molar-refractivity contribution in [1.82, 2.24) is 9.88 Å². The van der Waals surface area contributed by atoms with Gasteiger partial charge in [-0.05, 0) is 72.7 Å². The first-order valence-electron chi connectivity index (χ1n) is 11.5. The number of hydrogen-bond acceptors (Lipinski definition) is 4. The molecule has 1 heterocycles. The van der Waals surface area contributed by atoms with Gasteiger partial charge in [0.05, 0.1) is 17.3 Å². The maximum absolute atomic E-state index is 13.8. The van der Waals surface area contributed by atoms with Crippen LogP contribution in [0, 0.1) is 11.6 Å². The summed E-state index contributed by atoms with van der Waals surface area (Å²) < 4.78 is 60.0. The number of rotatable bonds is 10. The molecule has 1 amide bonds. The molecule has 0 saturated carbocycles. The van der Waals surface area contributed by atoms with Gasteiger partial charge in [-0.25, -0.2) is 17.2 Å². The first-order chi connectivity index (χ1) is 16.7. The van der Waals surface area contributed by atoms with Gasteiger partial charge in [0.1, 0.15) is 17.4 Å². The summed E-state index contributed by atoms with van der Waals surface area (Å²) >= 11 is 0. The van der Waals surface area contributed by atoms with Crippen LogP contribution in [0.25, 0.3) is 0 Å². The summed E-state index contributed by atoms with van der Waals surface area (Å²) in [6.45, 7) is 0.223. The predicted octanol–water partition coefficient (Wildman–Crippen LogP) is 3.93. The van der Waals surface area contributed by atoms with Crippen LogP contribution in [0.1, 0.15) is 35.4 Å². The summed E-state index contributed by atoms with van der Waals surface area (Å²) in [5.41, 5.74) is 2.56. The lowest BCUT2D eigenvalue weighted by atomic mass is 9.76. The number of sulfone groups is 1. The van der Waals surface area contributed by atoms with Crippen LogP contribution in [0.15, 0.2) is 59.8 Å². The number of halogens is 2. The summed E-state index contributed by atoms with van der Waals surface area (Å²) in [6.07, 6.45) is 6.08. The molecule has 186 valence electrons. The van der Waals surface area contributed by atoms with E-state index >= 15 is 0 Å². The van der Waals surface area contributed by atoms with E-state index in [1.807, 2.05) is 18.2 Å². The molecule has 35 heavy (non-hydrogen) atoms. The topological polar surface area (TPSA) is 77.4 Å². The molecule has 1 aromatic heterocycles. The monoisotopic (exact) mass is 502 g/mol. The molecule has 9 heteroatoms. The largest absolute Gasteiger partial charge is 0.494 e. The van der Waals surface area contributed by atoms with Gasteiger partial charge in [-0.3, -0.25) is 4.79 Å². The van der Waals surface area contributed by atoms with Crippen LogP contribution in [-0.2, 0) is 34.5 Å². The molecule has 6 nitrogen and oxygen atoms in total. The SMILES string of the molecule is Cn1ccc(S(=O)(=O)CCCOc2ccc3c(c2)C(Cc2cc(F)cc(F)c2)C(NC=O)CC3)c1. The maximum atomic E-state index is 13.8. The second-order valence-electron chi connectivity index (χ2n) is 8.91. The molecule has 1 aliphatic rings. The molecule has 0 bridgehead atoms. The number of amides is 1. The standard InChI is InChI=1S/C26H28F2N2O4S/c1-30-8-7-23(16-30)35(32,33)10-2-9-34-22-5-3-19-4-6-26(29-17-31)25(24(19)15-22)13-18-11-20(27)14-21(28)12-18/h3,5,7-8,11-12,14-17,25-26H,2,4,6,9-10,13H2,1H3,(H,29,31). The third-order valence-corrected chi connectivity index (χ3v) is 8.16. The third kappa shape index (κ3) is 6.08. The van der Waals surface area contributed by atoms with Crippen molar-refractivity contribution in [3.63, 3.8) is 0 Å². The van der Waals surface area contributed by atoms with Crippen molar-refractivity contribution in [3.8, 4) is 5.75 Å². The number of ether oxygens (including phenoxy) is 1. The number of benzene rings is 2.